The lowest BCUT2D eigenvalue weighted by Gasteiger charge is -2.38. The van der Waals surface area contributed by atoms with Crippen molar-refractivity contribution in [1.29, 1.82) is 0 Å². The van der Waals surface area contributed by atoms with E-state index in [0.29, 0.717) is 11.4 Å². The second-order valence-corrected chi connectivity index (χ2v) is 9.07. The number of hydrogen-bond donors (Lipinski definition) is 1. The molecule has 0 saturated carbocycles. The van der Waals surface area contributed by atoms with Crippen molar-refractivity contribution in [2.75, 3.05) is 18.0 Å². The number of para-hydroxylation sites is 1. The second kappa shape index (κ2) is 10.1. The number of benzene rings is 2. The van der Waals surface area contributed by atoms with E-state index in [0.717, 1.165) is 56.0 Å². The van der Waals surface area contributed by atoms with Gasteiger partial charge in [-0.1, -0.05) is 36.7 Å². The van der Waals surface area contributed by atoms with E-state index in [-0.39, 0.29) is 17.0 Å². The van der Waals surface area contributed by atoms with E-state index in [1.54, 1.807) is 19.1 Å². The van der Waals surface area contributed by atoms with E-state index in [9.17, 15) is 9.18 Å². The second-order valence-electron chi connectivity index (χ2n) is 8.66. The van der Waals surface area contributed by atoms with Gasteiger partial charge in [0.05, 0.1) is 10.7 Å². The quantitative estimate of drug-likeness (QED) is 0.500. The van der Waals surface area contributed by atoms with Crippen molar-refractivity contribution in [2.24, 2.45) is 0 Å². The molecule has 2 aromatic carbocycles. The largest absolute Gasteiger partial charge is 0.342 e. The highest BCUT2D eigenvalue weighted by atomic mass is 35.5. The summed E-state index contributed by atoms with van der Waals surface area (Å²) in [4.78, 5) is 24.9. The highest BCUT2D eigenvalue weighted by Crippen LogP contribution is 2.29. The minimum absolute atomic E-state index is 0.0948. The summed E-state index contributed by atoms with van der Waals surface area (Å²) in [6, 6.07) is 13.1. The molecule has 0 bridgehead atoms. The monoisotopic (exact) mass is 468 g/mol. The molecule has 0 radical (unpaired) electrons. The zero-order valence-corrected chi connectivity index (χ0v) is 20.1. The number of carbonyl (C=O) groups is 1. The molecule has 1 aromatic heterocycles. The number of nitrogens with zero attached hydrogens (tertiary/aromatic N) is 3. The highest BCUT2D eigenvalue weighted by molar-refractivity contribution is 6.30. The first-order chi connectivity index (χ1) is 15.9. The van der Waals surface area contributed by atoms with Gasteiger partial charge >= 0.3 is 0 Å². The zero-order valence-electron chi connectivity index (χ0n) is 19.4. The number of anilines is 1. The molecule has 5 nitrogen and oxygen atoms in total. The Morgan fingerprint density at radius 2 is 1.97 bits per heavy atom. The van der Waals surface area contributed by atoms with Gasteiger partial charge in [0.2, 0.25) is 5.91 Å². The lowest BCUT2D eigenvalue weighted by atomic mass is 10.00. The number of amides is 1. The Bertz CT molecular complexity index is 1140. The Hall–Kier alpha value is -2.70. The van der Waals surface area contributed by atoms with E-state index in [4.69, 9.17) is 16.6 Å². The molecule has 3 aromatic rings. The van der Waals surface area contributed by atoms with Crippen LogP contribution in [0.1, 0.15) is 43.6 Å². The number of halogens is 2. The third kappa shape index (κ3) is 5.12. The van der Waals surface area contributed by atoms with Crippen LogP contribution in [0.5, 0.6) is 0 Å². The van der Waals surface area contributed by atoms with Crippen molar-refractivity contribution in [1.82, 2.24) is 14.9 Å². The average Bonchev–Trinajstić information content (AvgIpc) is 3.17. The topological polar surface area (TPSA) is 52.2 Å². The van der Waals surface area contributed by atoms with Crippen LogP contribution in [0.25, 0.3) is 11.4 Å². The van der Waals surface area contributed by atoms with Crippen LogP contribution in [0.4, 0.5) is 10.1 Å². The maximum atomic E-state index is 13.9. The summed E-state index contributed by atoms with van der Waals surface area (Å²) >= 11 is 5.81. The van der Waals surface area contributed by atoms with E-state index in [2.05, 4.69) is 28.9 Å². The van der Waals surface area contributed by atoms with Gasteiger partial charge in [-0.05, 0) is 56.0 Å². The van der Waals surface area contributed by atoms with Gasteiger partial charge in [0.15, 0.2) is 0 Å². The molecule has 0 aliphatic carbocycles. The van der Waals surface area contributed by atoms with Crippen molar-refractivity contribution in [3.05, 3.63) is 70.3 Å². The molecule has 1 aliphatic heterocycles. The van der Waals surface area contributed by atoms with Crippen molar-refractivity contribution >= 4 is 23.2 Å². The van der Waals surface area contributed by atoms with Crippen molar-refractivity contribution in [3.8, 4) is 11.4 Å². The molecule has 174 valence electrons. The fourth-order valence-corrected chi connectivity index (χ4v) is 4.76. The third-order valence-corrected chi connectivity index (χ3v) is 6.75. The number of piperidine rings is 1. The van der Waals surface area contributed by atoms with Gasteiger partial charge in [0.1, 0.15) is 11.6 Å². The summed E-state index contributed by atoms with van der Waals surface area (Å²) in [5, 5.41) is 0.103. The predicted octanol–water partition coefficient (Wildman–Crippen LogP) is 5.76. The summed E-state index contributed by atoms with van der Waals surface area (Å²) < 4.78 is 13.9. The predicted molar refractivity (Wildman–Crippen MR) is 131 cm³/mol. The van der Waals surface area contributed by atoms with E-state index < -0.39 is 5.82 Å². The van der Waals surface area contributed by atoms with Crippen LogP contribution >= 0.6 is 11.6 Å². The third-order valence-electron chi connectivity index (χ3n) is 6.45. The molecule has 1 fully saturated rings. The normalized spacial score (nSPS) is 15.1. The van der Waals surface area contributed by atoms with E-state index >= 15 is 0 Å². The van der Waals surface area contributed by atoms with Crippen molar-refractivity contribution < 1.29 is 9.18 Å². The van der Waals surface area contributed by atoms with Gasteiger partial charge in [-0.3, -0.25) is 9.69 Å². The number of nitrogens with one attached hydrogen (secondary N) is 1. The molecule has 1 amide bonds. The molecule has 2 heterocycles. The minimum atomic E-state index is -0.452. The minimum Gasteiger partial charge on any atom is -0.342 e. The molecule has 7 heteroatoms. The fourth-order valence-electron chi connectivity index (χ4n) is 4.65. The first-order valence-electron chi connectivity index (χ1n) is 11.5. The Morgan fingerprint density at radius 3 is 2.64 bits per heavy atom. The van der Waals surface area contributed by atoms with Gasteiger partial charge in [0, 0.05) is 49.5 Å². The number of H-pyrrole nitrogens is 1. The molecule has 33 heavy (non-hydrogen) atoms. The van der Waals surface area contributed by atoms with Gasteiger partial charge in [-0.2, -0.15) is 0 Å². The van der Waals surface area contributed by atoms with Crippen LogP contribution < -0.4 is 4.90 Å². The van der Waals surface area contributed by atoms with Crippen LogP contribution in [0.2, 0.25) is 5.02 Å². The first kappa shape index (κ1) is 23.5. The number of hydrogen-bond acceptors (Lipinski definition) is 3. The number of rotatable bonds is 6. The summed E-state index contributed by atoms with van der Waals surface area (Å²) in [6.07, 6.45) is 2.73. The number of aryl methyl sites for hydroxylation is 2. The van der Waals surface area contributed by atoms with Gasteiger partial charge in [-0.15, -0.1) is 0 Å². The average molecular weight is 469 g/mol. The summed E-state index contributed by atoms with van der Waals surface area (Å²) in [7, 11) is 0. The Morgan fingerprint density at radius 1 is 1.24 bits per heavy atom. The van der Waals surface area contributed by atoms with Crippen LogP contribution in [-0.2, 0) is 17.8 Å². The fraction of sp³-hybridized carbons (Fsp3) is 0.385. The van der Waals surface area contributed by atoms with Crippen molar-refractivity contribution in [3.63, 3.8) is 0 Å². The van der Waals surface area contributed by atoms with Crippen molar-refractivity contribution in [2.45, 2.75) is 52.6 Å². The van der Waals surface area contributed by atoms with Crippen LogP contribution in [0, 0.1) is 12.7 Å². The molecular formula is C26H30ClFN4O. The lowest BCUT2D eigenvalue weighted by Crippen LogP contribution is -2.47. The van der Waals surface area contributed by atoms with Gasteiger partial charge in [0.25, 0.3) is 0 Å². The molecule has 0 unspecified atom stereocenters. The molecule has 4 rings (SSSR count). The summed E-state index contributed by atoms with van der Waals surface area (Å²) in [6.45, 7) is 8.27. The maximum absolute atomic E-state index is 13.9. The number of likely N-dealkylation sites (tertiary alicyclic amines) is 1. The highest BCUT2D eigenvalue weighted by Gasteiger charge is 2.29. The Balaban J connectivity index is 1.43. The van der Waals surface area contributed by atoms with E-state index in [1.807, 2.05) is 24.0 Å². The molecular weight excluding hydrogens is 439 g/mol. The van der Waals surface area contributed by atoms with Crippen LogP contribution in [0.3, 0.4) is 0 Å². The standard InChI is InChI=1S/C26H30ClFN4O/c1-4-19-7-5-6-8-25(19)32(18(3)33)21-11-13-31(14-12-21)16-24-17(2)29-26(30-24)20-9-10-22(27)23(28)15-20/h5-10,15,21H,4,11-14,16H2,1-3H3,(H,29,30). The van der Waals surface area contributed by atoms with E-state index in [1.165, 1.54) is 11.6 Å². The molecule has 0 spiro atoms. The Kier molecular flexibility index (Phi) is 7.15. The SMILES string of the molecule is CCc1ccccc1N(C(C)=O)C1CCN(Cc2nc(-c3ccc(Cl)c(F)c3)[nH]c2C)CC1. The molecule has 1 aliphatic rings. The number of imidazole rings is 1. The summed E-state index contributed by atoms with van der Waals surface area (Å²) in [5.41, 5.74) is 4.85. The maximum Gasteiger partial charge on any atom is 0.224 e. The van der Waals surface area contributed by atoms with Crippen LogP contribution in [-0.4, -0.2) is 39.9 Å². The molecule has 1 saturated heterocycles. The number of carbonyl (C=O) groups excluding carboxylic acids is 1. The Labute approximate surface area is 199 Å². The molecule has 1 N–H and O–H groups in total. The number of aromatic nitrogens is 2. The van der Waals surface area contributed by atoms with Gasteiger partial charge < -0.3 is 9.88 Å². The van der Waals surface area contributed by atoms with Gasteiger partial charge in [-0.25, -0.2) is 9.37 Å². The number of aromatic amines is 1. The summed E-state index contributed by atoms with van der Waals surface area (Å²) in [5.74, 6) is 0.288. The lowest BCUT2D eigenvalue weighted by molar-refractivity contribution is -0.117. The molecule has 0 atom stereocenters. The smallest absolute Gasteiger partial charge is 0.224 e. The first-order valence-corrected chi connectivity index (χ1v) is 11.9. The van der Waals surface area contributed by atoms with Crippen LogP contribution in [0.15, 0.2) is 42.5 Å². The zero-order chi connectivity index (χ0) is 23.5.